The van der Waals surface area contributed by atoms with Gasteiger partial charge in [0.2, 0.25) is 0 Å². The lowest BCUT2D eigenvalue weighted by Crippen LogP contribution is -2.23. The van der Waals surface area contributed by atoms with Gasteiger partial charge in [0.05, 0.1) is 40.2 Å². The van der Waals surface area contributed by atoms with E-state index in [9.17, 15) is 4.79 Å². The number of para-hydroxylation sites is 1. The monoisotopic (exact) mass is 359 g/mol. The Bertz CT molecular complexity index is 1160. The maximum atomic E-state index is 12.6. The van der Waals surface area contributed by atoms with Crippen LogP contribution in [0.2, 0.25) is 0 Å². The largest absolute Gasteiger partial charge is 0.346 e. The topological polar surface area (TPSA) is 72.7 Å². The highest BCUT2D eigenvalue weighted by Crippen LogP contribution is 2.19. The number of hydrogen-bond acceptors (Lipinski definition) is 4. The standard InChI is InChI=1S/C21H21N5O/c1-4-26-20-8-6-5-7-16(20)19(25-26)12-22-21(27)15-9-10-17-18(11-15)24-14(3)13(2)23-17/h5-11H,4,12H2,1-3H3,(H,22,27). The van der Waals surface area contributed by atoms with Gasteiger partial charge in [-0.2, -0.15) is 5.10 Å². The summed E-state index contributed by atoms with van der Waals surface area (Å²) in [5.74, 6) is -0.146. The zero-order valence-electron chi connectivity index (χ0n) is 15.7. The first kappa shape index (κ1) is 17.1. The molecule has 0 aliphatic rings. The summed E-state index contributed by atoms with van der Waals surface area (Å²) in [6, 6.07) is 13.5. The summed E-state index contributed by atoms with van der Waals surface area (Å²) in [6.45, 7) is 7.08. The average Bonchev–Trinajstić information content (AvgIpc) is 3.04. The van der Waals surface area contributed by atoms with E-state index in [1.54, 1.807) is 12.1 Å². The molecule has 0 atom stereocenters. The van der Waals surface area contributed by atoms with E-state index in [1.807, 2.05) is 48.9 Å². The SMILES string of the molecule is CCn1nc(CNC(=O)c2ccc3nc(C)c(C)nc3c2)c2ccccc21. The van der Waals surface area contributed by atoms with Gasteiger partial charge >= 0.3 is 0 Å². The van der Waals surface area contributed by atoms with Crippen molar-refractivity contribution in [1.82, 2.24) is 25.1 Å². The summed E-state index contributed by atoms with van der Waals surface area (Å²) in [5, 5.41) is 8.66. The van der Waals surface area contributed by atoms with Crippen molar-refractivity contribution in [2.45, 2.75) is 33.9 Å². The summed E-state index contributed by atoms with van der Waals surface area (Å²) >= 11 is 0. The van der Waals surface area contributed by atoms with Crippen LogP contribution in [0.5, 0.6) is 0 Å². The van der Waals surface area contributed by atoms with Gasteiger partial charge in [0.25, 0.3) is 5.91 Å². The van der Waals surface area contributed by atoms with Crippen LogP contribution in [0, 0.1) is 13.8 Å². The van der Waals surface area contributed by atoms with Crippen molar-refractivity contribution in [3.8, 4) is 0 Å². The molecule has 2 aromatic carbocycles. The maximum absolute atomic E-state index is 12.6. The highest BCUT2D eigenvalue weighted by Gasteiger charge is 2.12. The molecule has 0 saturated carbocycles. The first-order chi connectivity index (χ1) is 13.1. The van der Waals surface area contributed by atoms with Gasteiger partial charge in [-0.05, 0) is 45.0 Å². The summed E-state index contributed by atoms with van der Waals surface area (Å²) < 4.78 is 1.95. The molecule has 0 spiro atoms. The third kappa shape index (κ3) is 3.14. The third-order valence-electron chi connectivity index (χ3n) is 4.79. The van der Waals surface area contributed by atoms with Gasteiger partial charge in [0, 0.05) is 17.5 Å². The highest BCUT2D eigenvalue weighted by molar-refractivity contribution is 5.97. The Hall–Kier alpha value is -3.28. The minimum Gasteiger partial charge on any atom is -0.346 e. The third-order valence-corrected chi connectivity index (χ3v) is 4.79. The van der Waals surface area contributed by atoms with Gasteiger partial charge in [-0.25, -0.2) is 9.97 Å². The van der Waals surface area contributed by atoms with E-state index in [-0.39, 0.29) is 5.91 Å². The quantitative estimate of drug-likeness (QED) is 0.605. The first-order valence-corrected chi connectivity index (χ1v) is 9.04. The number of nitrogens with zero attached hydrogens (tertiary/aromatic N) is 4. The number of benzene rings is 2. The fourth-order valence-corrected chi connectivity index (χ4v) is 3.21. The van der Waals surface area contributed by atoms with E-state index in [0.29, 0.717) is 12.1 Å². The number of fused-ring (bicyclic) bond motifs is 2. The molecule has 6 heteroatoms. The molecule has 6 nitrogen and oxygen atoms in total. The molecule has 0 aliphatic carbocycles. The Kier molecular flexibility index (Phi) is 4.32. The van der Waals surface area contributed by atoms with Crippen molar-refractivity contribution < 1.29 is 4.79 Å². The lowest BCUT2D eigenvalue weighted by Gasteiger charge is -2.06. The van der Waals surface area contributed by atoms with Crippen molar-refractivity contribution in [2.24, 2.45) is 0 Å². The second-order valence-electron chi connectivity index (χ2n) is 6.56. The molecule has 27 heavy (non-hydrogen) atoms. The van der Waals surface area contributed by atoms with Gasteiger partial charge in [-0.1, -0.05) is 18.2 Å². The Labute approximate surface area is 157 Å². The van der Waals surface area contributed by atoms with Gasteiger partial charge in [-0.3, -0.25) is 9.48 Å². The van der Waals surface area contributed by atoms with Crippen molar-refractivity contribution in [3.63, 3.8) is 0 Å². The van der Waals surface area contributed by atoms with Gasteiger partial charge in [0.1, 0.15) is 0 Å². The molecule has 4 rings (SSSR count). The van der Waals surface area contributed by atoms with Crippen LogP contribution in [0.15, 0.2) is 42.5 Å². The fourth-order valence-electron chi connectivity index (χ4n) is 3.21. The molecule has 0 bridgehead atoms. The number of nitrogens with one attached hydrogen (secondary N) is 1. The number of aromatic nitrogens is 4. The molecule has 0 saturated heterocycles. The second-order valence-corrected chi connectivity index (χ2v) is 6.56. The van der Waals surface area contributed by atoms with Crippen molar-refractivity contribution >= 4 is 27.8 Å². The minimum absolute atomic E-state index is 0.146. The van der Waals surface area contributed by atoms with Crippen LogP contribution < -0.4 is 5.32 Å². The van der Waals surface area contributed by atoms with Gasteiger partial charge in [-0.15, -0.1) is 0 Å². The molecule has 0 unspecified atom stereocenters. The van der Waals surface area contributed by atoms with Crippen molar-refractivity contribution in [1.29, 1.82) is 0 Å². The number of rotatable bonds is 4. The molecule has 2 aromatic heterocycles. The van der Waals surface area contributed by atoms with Crippen LogP contribution in [0.25, 0.3) is 21.9 Å². The molecule has 0 aliphatic heterocycles. The molecule has 1 N–H and O–H groups in total. The Morgan fingerprint density at radius 2 is 1.78 bits per heavy atom. The van der Waals surface area contributed by atoms with E-state index >= 15 is 0 Å². The summed E-state index contributed by atoms with van der Waals surface area (Å²) in [6.07, 6.45) is 0. The predicted molar refractivity (Wildman–Crippen MR) is 106 cm³/mol. The Balaban J connectivity index is 1.58. The molecule has 1 amide bonds. The summed E-state index contributed by atoms with van der Waals surface area (Å²) in [5.41, 5.74) is 5.81. The zero-order chi connectivity index (χ0) is 19.0. The normalized spacial score (nSPS) is 11.2. The average molecular weight is 359 g/mol. The molecule has 2 heterocycles. The number of carbonyl (C=O) groups is 1. The minimum atomic E-state index is -0.146. The number of aryl methyl sites for hydroxylation is 3. The number of hydrogen-bond donors (Lipinski definition) is 1. The second kappa shape index (κ2) is 6.79. The summed E-state index contributed by atoms with van der Waals surface area (Å²) in [7, 11) is 0. The molecule has 0 radical (unpaired) electrons. The zero-order valence-corrected chi connectivity index (χ0v) is 15.7. The van der Waals surface area contributed by atoms with Crippen LogP contribution in [0.1, 0.15) is 34.4 Å². The lowest BCUT2D eigenvalue weighted by atomic mass is 10.1. The summed E-state index contributed by atoms with van der Waals surface area (Å²) in [4.78, 5) is 21.7. The maximum Gasteiger partial charge on any atom is 0.251 e. The van der Waals surface area contributed by atoms with Crippen LogP contribution in [0.3, 0.4) is 0 Å². The highest BCUT2D eigenvalue weighted by atomic mass is 16.1. The lowest BCUT2D eigenvalue weighted by molar-refractivity contribution is 0.0950. The van der Waals surface area contributed by atoms with Crippen molar-refractivity contribution in [3.05, 3.63) is 65.1 Å². The Morgan fingerprint density at radius 1 is 1.04 bits per heavy atom. The van der Waals surface area contributed by atoms with Gasteiger partial charge in [0.15, 0.2) is 0 Å². The van der Waals surface area contributed by atoms with Crippen LogP contribution in [-0.2, 0) is 13.1 Å². The molecule has 4 aromatic rings. The van der Waals surface area contributed by atoms with Crippen LogP contribution in [-0.4, -0.2) is 25.7 Å². The fraction of sp³-hybridized carbons (Fsp3) is 0.238. The van der Waals surface area contributed by atoms with Crippen LogP contribution in [0.4, 0.5) is 0 Å². The molecule has 0 fully saturated rings. The van der Waals surface area contributed by atoms with E-state index in [2.05, 4.69) is 27.3 Å². The molecule has 136 valence electrons. The molecular formula is C21H21N5O. The van der Waals surface area contributed by atoms with E-state index in [0.717, 1.165) is 45.6 Å². The number of amides is 1. The smallest absolute Gasteiger partial charge is 0.251 e. The van der Waals surface area contributed by atoms with E-state index in [4.69, 9.17) is 0 Å². The number of carbonyl (C=O) groups excluding carboxylic acids is 1. The van der Waals surface area contributed by atoms with Crippen molar-refractivity contribution in [2.75, 3.05) is 0 Å². The Morgan fingerprint density at radius 3 is 2.56 bits per heavy atom. The van der Waals surface area contributed by atoms with E-state index in [1.165, 1.54) is 0 Å². The first-order valence-electron chi connectivity index (χ1n) is 9.04. The van der Waals surface area contributed by atoms with Crippen LogP contribution >= 0.6 is 0 Å². The predicted octanol–water partition coefficient (Wildman–Crippen LogP) is 3.55. The van der Waals surface area contributed by atoms with E-state index < -0.39 is 0 Å². The molecular weight excluding hydrogens is 338 g/mol. The van der Waals surface area contributed by atoms with Gasteiger partial charge < -0.3 is 5.32 Å².